The number of esters is 1. The molecule has 0 radical (unpaired) electrons. The first-order valence-electron chi connectivity index (χ1n) is 11.1. The molecule has 4 heterocycles. The van der Waals surface area contributed by atoms with E-state index in [0.29, 0.717) is 13.0 Å². The Labute approximate surface area is 162 Å². The van der Waals surface area contributed by atoms with Gasteiger partial charge in [-0.2, -0.15) is 0 Å². The molecule has 154 valence electrons. The van der Waals surface area contributed by atoms with Crippen molar-refractivity contribution < 1.29 is 28.5 Å². The molecule has 4 aliphatic rings. The van der Waals surface area contributed by atoms with E-state index >= 15 is 0 Å². The van der Waals surface area contributed by atoms with Crippen molar-refractivity contribution >= 4 is 5.97 Å². The van der Waals surface area contributed by atoms with E-state index in [4.69, 9.17) is 23.7 Å². The first-order valence-corrected chi connectivity index (χ1v) is 11.1. The van der Waals surface area contributed by atoms with Gasteiger partial charge in [0.2, 0.25) is 0 Å². The molecule has 4 rings (SSSR count). The lowest BCUT2D eigenvalue weighted by molar-refractivity contribution is -0.166. The molecule has 0 aromatic rings. The van der Waals surface area contributed by atoms with Crippen LogP contribution in [0.5, 0.6) is 0 Å². The Bertz CT molecular complexity index is 529. The van der Waals surface area contributed by atoms with E-state index in [9.17, 15) is 4.79 Å². The summed E-state index contributed by atoms with van der Waals surface area (Å²) in [4.78, 5) is 11.4. The van der Waals surface area contributed by atoms with Crippen LogP contribution in [0.4, 0.5) is 0 Å². The van der Waals surface area contributed by atoms with Crippen LogP contribution in [0.1, 0.15) is 96.8 Å². The topological polar surface area (TPSA) is 73.1 Å². The van der Waals surface area contributed by atoms with Crippen LogP contribution >= 0.6 is 0 Å². The Morgan fingerprint density at radius 3 is 1.96 bits per heavy atom. The van der Waals surface area contributed by atoms with Gasteiger partial charge in [-0.25, -0.2) is 0 Å². The first kappa shape index (κ1) is 19.6. The molecule has 4 saturated heterocycles. The fourth-order valence-electron chi connectivity index (χ4n) is 4.30. The van der Waals surface area contributed by atoms with Crippen molar-refractivity contribution in [2.24, 2.45) is 0 Å². The van der Waals surface area contributed by atoms with Gasteiger partial charge in [-0.05, 0) is 19.3 Å². The molecule has 0 aromatic heterocycles. The smallest absolute Gasteiger partial charge is 0.355 e. The molecular formula is C21H34O6. The monoisotopic (exact) mass is 382 g/mol. The average molecular weight is 382 g/mol. The minimum Gasteiger partial charge on any atom is -0.466 e. The van der Waals surface area contributed by atoms with E-state index in [-0.39, 0.29) is 12.1 Å². The van der Waals surface area contributed by atoms with Gasteiger partial charge in [-0.3, -0.25) is 19.0 Å². The Hall–Kier alpha value is -0.690. The zero-order chi connectivity index (χ0) is 18.8. The van der Waals surface area contributed by atoms with Gasteiger partial charge in [0, 0.05) is 6.42 Å². The van der Waals surface area contributed by atoms with Crippen LogP contribution in [-0.4, -0.2) is 36.2 Å². The summed E-state index contributed by atoms with van der Waals surface area (Å²) in [7, 11) is 0. The van der Waals surface area contributed by atoms with Gasteiger partial charge in [-0.15, -0.1) is 0 Å². The molecule has 4 fully saturated rings. The Morgan fingerprint density at radius 1 is 0.852 bits per heavy atom. The molecule has 2 unspecified atom stereocenters. The fourth-order valence-corrected chi connectivity index (χ4v) is 4.30. The number of hydrogen-bond donors (Lipinski definition) is 0. The van der Waals surface area contributed by atoms with Crippen LogP contribution in [0.2, 0.25) is 0 Å². The number of carbonyl (C=O) groups is 1. The average Bonchev–Trinajstić information content (AvgIpc) is 3.54. The minimum absolute atomic E-state index is 0.0324. The van der Waals surface area contributed by atoms with Crippen molar-refractivity contribution in [1.82, 2.24) is 0 Å². The summed E-state index contributed by atoms with van der Waals surface area (Å²) < 4.78 is 27.0. The van der Waals surface area contributed by atoms with Gasteiger partial charge in [0.25, 0.3) is 5.79 Å². The molecule has 1 spiro atoms. The van der Waals surface area contributed by atoms with Crippen molar-refractivity contribution in [3.05, 3.63) is 0 Å². The highest BCUT2D eigenvalue weighted by molar-refractivity contribution is 5.69. The number of epoxide rings is 3. The number of hydrogen-bond acceptors (Lipinski definition) is 6. The van der Waals surface area contributed by atoms with E-state index in [1.807, 2.05) is 6.92 Å². The predicted molar refractivity (Wildman–Crippen MR) is 97.6 cm³/mol. The van der Waals surface area contributed by atoms with Crippen LogP contribution in [0.15, 0.2) is 0 Å². The molecule has 0 amide bonds. The predicted octanol–water partition coefficient (Wildman–Crippen LogP) is 4.55. The zero-order valence-electron chi connectivity index (χ0n) is 16.6. The zero-order valence-corrected chi connectivity index (χ0v) is 16.6. The lowest BCUT2D eigenvalue weighted by Gasteiger charge is -2.10. The Kier molecular flexibility index (Phi) is 5.79. The third kappa shape index (κ3) is 3.78. The van der Waals surface area contributed by atoms with Gasteiger partial charge in [0.15, 0.2) is 0 Å². The van der Waals surface area contributed by atoms with Crippen molar-refractivity contribution in [2.75, 3.05) is 6.61 Å². The molecule has 27 heavy (non-hydrogen) atoms. The van der Waals surface area contributed by atoms with Gasteiger partial charge in [0.1, 0.15) is 6.10 Å². The maximum Gasteiger partial charge on any atom is 0.355 e. The molecule has 2 atom stereocenters. The lowest BCUT2D eigenvalue weighted by Crippen LogP contribution is -2.39. The van der Waals surface area contributed by atoms with Gasteiger partial charge in [-0.1, -0.05) is 71.1 Å². The van der Waals surface area contributed by atoms with Gasteiger partial charge >= 0.3 is 17.7 Å². The molecule has 0 N–H and O–H groups in total. The lowest BCUT2D eigenvalue weighted by atomic mass is 10.0. The van der Waals surface area contributed by atoms with Gasteiger partial charge < -0.3 is 9.47 Å². The molecule has 0 aliphatic carbocycles. The van der Waals surface area contributed by atoms with Crippen molar-refractivity contribution in [1.29, 1.82) is 0 Å². The number of ether oxygens (including phenoxy) is 5. The van der Waals surface area contributed by atoms with E-state index in [0.717, 1.165) is 25.7 Å². The number of rotatable bonds is 16. The number of unbranched alkanes of at least 4 members (excludes halogenated alkanes) is 10. The quantitative estimate of drug-likeness (QED) is 0.222. The van der Waals surface area contributed by atoms with E-state index in [1.54, 1.807) is 0 Å². The van der Waals surface area contributed by atoms with Crippen molar-refractivity contribution in [3.8, 4) is 0 Å². The second kappa shape index (κ2) is 7.97. The van der Waals surface area contributed by atoms with E-state index in [1.165, 1.54) is 57.8 Å². The fraction of sp³-hybridized carbons (Fsp3) is 0.952. The summed E-state index contributed by atoms with van der Waals surface area (Å²) in [6.07, 6.45) is 16.5. The Balaban J connectivity index is 0.864. The highest BCUT2D eigenvalue weighted by Crippen LogP contribution is 2.88. The summed E-state index contributed by atoms with van der Waals surface area (Å²) in [6, 6.07) is 0. The van der Waals surface area contributed by atoms with Crippen LogP contribution in [0, 0.1) is 0 Å². The minimum atomic E-state index is -0.651. The molecule has 6 nitrogen and oxygen atoms in total. The molecular weight excluding hydrogens is 348 g/mol. The highest BCUT2D eigenvalue weighted by Gasteiger charge is 3.16. The second-order valence-corrected chi connectivity index (χ2v) is 8.40. The van der Waals surface area contributed by atoms with E-state index < -0.39 is 17.5 Å². The van der Waals surface area contributed by atoms with E-state index in [2.05, 4.69) is 0 Å². The standard InChI is InChI=1S/C21H34O6/c1-2-16-23-18(22)15-13-11-9-7-5-3-4-6-8-10-12-14-17-19(24-17)20-21(25-19,26-20)27-20/h17H,2-16H2,1H3. The molecule has 0 aromatic carbocycles. The summed E-state index contributed by atoms with van der Waals surface area (Å²) in [5.74, 6) is -1.66. The summed E-state index contributed by atoms with van der Waals surface area (Å²) >= 11 is 0. The molecule has 4 aliphatic heterocycles. The van der Waals surface area contributed by atoms with Crippen molar-refractivity contribution in [3.63, 3.8) is 0 Å². The molecule has 6 heteroatoms. The van der Waals surface area contributed by atoms with Crippen LogP contribution in [0.25, 0.3) is 0 Å². The summed E-state index contributed by atoms with van der Waals surface area (Å²) in [5.41, 5.74) is 0. The van der Waals surface area contributed by atoms with Crippen molar-refractivity contribution in [2.45, 2.75) is 120 Å². The maximum absolute atomic E-state index is 11.4. The summed E-state index contributed by atoms with van der Waals surface area (Å²) in [6.45, 7) is 2.58. The highest BCUT2D eigenvalue weighted by atomic mass is 17.2. The maximum atomic E-state index is 11.4. The van der Waals surface area contributed by atoms with Crippen LogP contribution < -0.4 is 0 Å². The normalized spacial score (nSPS) is 36.7. The largest absolute Gasteiger partial charge is 0.466 e. The molecule has 0 saturated carbocycles. The first-order chi connectivity index (χ1) is 13.2. The van der Waals surface area contributed by atoms with Crippen LogP contribution in [-0.2, 0) is 28.5 Å². The number of carbonyl (C=O) groups excluding carboxylic acids is 1. The van der Waals surface area contributed by atoms with Gasteiger partial charge in [0.05, 0.1) is 6.61 Å². The SMILES string of the molecule is CCCOC(=O)CCCCCCCCCCCCCC1OC12OC13OC12O3. The second-order valence-electron chi connectivity index (χ2n) is 8.40. The third-order valence-electron chi connectivity index (χ3n) is 6.12. The molecule has 0 bridgehead atoms. The Morgan fingerprint density at radius 2 is 1.44 bits per heavy atom. The van der Waals surface area contributed by atoms with Crippen LogP contribution in [0.3, 0.4) is 0 Å². The third-order valence-corrected chi connectivity index (χ3v) is 6.12. The summed E-state index contributed by atoms with van der Waals surface area (Å²) in [5, 5.41) is 0.